The van der Waals surface area contributed by atoms with E-state index in [1.165, 1.54) is 30.6 Å². The van der Waals surface area contributed by atoms with Crippen molar-refractivity contribution >= 4 is 39.9 Å². The third-order valence-electron chi connectivity index (χ3n) is 2.63. The molecule has 1 heterocycles. The SMILES string of the molecule is COC(=O)c1ccccc1NC(=O)C(=O)Nc1nc(C)cs1. The van der Waals surface area contributed by atoms with Gasteiger partial charge in [0.1, 0.15) is 0 Å². The number of para-hydroxylation sites is 1. The van der Waals surface area contributed by atoms with E-state index in [1.807, 2.05) is 0 Å². The number of nitrogens with zero attached hydrogens (tertiary/aromatic N) is 1. The Labute approximate surface area is 130 Å². The van der Waals surface area contributed by atoms with Crippen molar-refractivity contribution in [2.24, 2.45) is 0 Å². The molecule has 0 aliphatic carbocycles. The molecule has 1 aromatic carbocycles. The predicted molar refractivity (Wildman–Crippen MR) is 81.9 cm³/mol. The molecule has 0 spiro atoms. The van der Waals surface area contributed by atoms with Crippen LogP contribution in [-0.4, -0.2) is 29.9 Å². The molecule has 0 aliphatic heterocycles. The maximum Gasteiger partial charge on any atom is 0.339 e. The van der Waals surface area contributed by atoms with Crippen molar-refractivity contribution in [2.75, 3.05) is 17.7 Å². The average Bonchev–Trinajstić information content (AvgIpc) is 2.92. The summed E-state index contributed by atoms with van der Waals surface area (Å²) in [5.74, 6) is -2.37. The van der Waals surface area contributed by atoms with Crippen LogP contribution in [0.3, 0.4) is 0 Å². The third-order valence-corrected chi connectivity index (χ3v) is 3.50. The molecule has 2 amide bonds. The first-order chi connectivity index (χ1) is 10.5. The topological polar surface area (TPSA) is 97.4 Å². The van der Waals surface area contributed by atoms with Gasteiger partial charge < -0.3 is 10.1 Å². The van der Waals surface area contributed by atoms with Crippen molar-refractivity contribution in [3.63, 3.8) is 0 Å². The van der Waals surface area contributed by atoms with Gasteiger partial charge in [-0.25, -0.2) is 9.78 Å². The van der Waals surface area contributed by atoms with Gasteiger partial charge in [0.2, 0.25) is 0 Å². The molecule has 0 bridgehead atoms. The number of ether oxygens (including phenoxy) is 1. The number of anilines is 2. The number of carbonyl (C=O) groups excluding carboxylic acids is 3. The van der Waals surface area contributed by atoms with Crippen molar-refractivity contribution < 1.29 is 19.1 Å². The minimum Gasteiger partial charge on any atom is -0.465 e. The van der Waals surface area contributed by atoms with Gasteiger partial charge in [0, 0.05) is 5.38 Å². The van der Waals surface area contributed by atoms with E-state index in [1.54, 1.807) is 24.4 Å². The first-order valence-corrected chi connectivity index (χ1v) is 7.11. The van der Waals surface area contributed by atoms with Gasteiger partial charge in [-0.2, -0.15) is 0 Å². The summed E-state index contributed by atoms with van der Waals surface area (Å²) < 4.78 is 4.62. The van der Waals surface area contributed by atoms with E-state index >= 15 is 0 Å². The van der Waals surface area contributed by atoms with E-state index in [9.17, 15) is 14.4 Å². The zero-order chi connectivity index (χ0) is 16.1. The minimum absolute atomic E-state index is 0.163. The van der Waals surface area contributed by atoms with Crippen molar-refractivity contribution in [2.45, 2.75) is 6.92 Å². The Morgan fingerprint density at radius 3 is 2.45 bits per heavy atom. The molecule has 0 saturated heterocycles. The maximum atomic E-state index is 11.9. The predicted octanol–water partition coefficient (Wildman–Crippen LogP) is 1.82. The van der Waals surface area contributed by atoms with Gasteiger partial charge in [-0.1, -0.05) is 12.1 Å². The zero-order valence-electron chi connectivity index (χ0n) is 11.9. The fourth-order valence-corrected chi connectivity index (χ4v) is 2.31. The largest absolute Gasteiger partial charge is 0.465 e. The Morgan fingerprint density at radius 1 is 1.14 bits per heavy atom. The van der Waals surface area contributed by atoms with E-state index in [0.717, 1.165) is 5.69 Å². The smallest absolute Gasteiger partial charge is 0.339 e. The van der Waals surface area contributed by atoms with Crippen LogP contribution in [-0.2, 0) is 14.3 Å². The number of hydrogen-bond acceptors (Lipinski definition) is 6. The molecule has 22 heavy (non-hydrogen) atoms. The van der Waals surface area contributed by atoms with Crippen LogP contribution in [0, 0.1) is 6.92 Å². The molecule has 0 aliphatic rings. The number of nitrogens with one attached hydrogen (secondary N) is 2. The second-order valence-corrected chi connectivity index (χ2v) is 5.10. The molecule has 7 nitrogen and oxygen atoms in total. The van der Waals surface area contributed by atoms with Crippen LogP contribution in [0.4, 0.5) is 10.8 Å². The fraction of sp³-hybridized carbons (Fsp3) is 0.143. The summed E-state index contributed by atoms with van der Waals surface area (Å²) in [6, 6.07) is 6.25. The Balaban J connectivity index is 2.08. The van der Waals surface area contributed by atoms with E-state index < -0.39 is 17.8 Å². The number of methoxy groups -OCH3 is 1. The molecule has 1 aromatic heterocycles. The highest BCUT2D eigenvalue weighted by Crippen LogP contribution is 2.17. The standard InChI is InChI=1S/C14H13N3O4S/c1-8-7-22-14(15-8)17-12(19)11(18)16-10-6-4-3-5-9(10)13(20)21-2/h3-7H,1-2H3,(H,16,18)(H,15,17,19). The monoisotopic (exact) mass is 319 g/mol. The molecular formula is C14H13N3O4S. The molecule has 0 radical (unpaired) electrons. The second kappa shape index (κ2) is 6.81. The Hall–Kier alpha value is -2.74. The Kier molecular flexibility index (Phi) is 4.84. The lowest BCUT2D eigenvalue weighted by atomic mass is 10.2. The molecule has 2 aromatic rings. The van der Waals surface area contributed by atoms with E-state index in [-0.39, 0.29) is 11.3 Å². The number of carbonyl (C=O) groups is 3. The fourth-order valence-electron chi connectivity index (χ4n) is 1.62. The molecule has 0 atom stereocenters. The molecule has 0 unspecified atom stereocenters. The van der Waals surface area contributed by atoms with Crippen LogP contribution in [0.1, 0.15) is 16.1 Å². The highest BCUT2D eigenvalue weighted by molar-refractivity contribution is 7.14. The summed E-state index contributed by atoms with van der Waals surface area (Å²) in [7, 11) is 1.23. The van der Waals surface area contributed by atoms with Crippen LogP contribution >= 0.6 is 11.3 Å². The highest BCUT2D eigenvalue weighted by atomic mass is 32.1. The quantitative estimate of drug-likeness (QED) is 0.664. The number of amides is 2. The van der Waals surface area contributed by atoms with Crippen LogP contribution in [0.25, 0.3) is 0 Å². The Bertz CT molecular complexity index is 726. The molecule has 2 rings (SSSR count). The lowest BCUT2D eigenvalue weighted by Gasteiger charge is -2.08. The number of thiazole rings is 1. The van der Waals surface area contributed by atoms with E-state index in [2.05, 4.69) is 20.4 Å². The van der Waals surface area contributed by atoms with Gasteiger partial charge in [0.25, 0.3) is 0 Å². The van der Waals surface area contributed by atoms with Gasteiger partial charge >= 0.3 is 17.8 Å². The first kappa shape index (κ1) is 15.6. The van der Waals surface area contributed by atoms with Gasteiger partial charge in [-0.3, -0.25) is 14.9 Å². The minimum atomic E-state index is -0.899. The van der Waals surface area contributed by atoms with Crippen molar-refractivity contribution in [1.29, 1.82) is 0 Å². The lowest BCUT2D eigenvalue weighted by Crippen LogP contribution is -2.29. The number of benzene rings is 1. The third kappa shape index (κ3) is 3.67. The van der Waals surface area contributed by atoms with Crippen LogP contribution in [0.5, 0.6) is 0 Å². The highest BCUT2D eigenvalue weighted by Gasteiger charge is 2.19. The van der Waals surface area contributed by atoms with E-state index in [0.29, 0.717) is 5.13 Å². The summed E-state index contributed by atoms with van der Waals surface area (Å²) in [4.78, 5) is 39.3. The van der Waals surface area contributed by atoms with Crippen LogP contribution in [0.2, 0.25) is 0 Å². The second-order valence-electron chi connectivity index (χ2n) is 4.24. The Morgan fingerprint density at radius 2 is 1.82 bits per heavy atom. The van der Waals surface area contributed by atoms with Gasteiger partial charge in [0.05, 0.1) is 24.1 Å². The van der Waals surface area contributed by atoms with Crippen molar-refractivity contribution in [3.05, 3.63) is 40.9 Å². The molecule has 2 N–H and O–H groups in total. The van der Waals surface area contributed by atoms with Crippen molar-refractivity contribution in [1.82, 2.24) is 4.98 Å². The van der Waals surface area contributed by atoms with Crippen molar-refractivity contribution in [3.8, 4) is 0 Å². The number of aromatic nitrogens is 1. The molecule has 114 valence electrons. The normalized spacial score (nSPS) is 9.91. The number of hydrogen-bond donors (Lipinski definition) is 2. The van der Waals surface area contributed by atoms with Crippen LogP contribution < -0.4 is 10.6 Å². The van der Waals surface area contributed by atoms with Crippen LogP contribution in [0.15, 0.2) is 29.6 Å². The maximum absolute atomic E-state index is 11.9. The lowest BCUT2D eigenvalue weighted by molar-refractivity contribution is -0.133. The summed E-state index contributed by atoms with van der Waals surface area (Å²) in [6.45, 7) is 1.78. The average molecular weight is 319 g/mol. The molecule has 8 heteroatoms. The summed E-state index contributed by atoms with van der Waals surface area (Å²) in [5, 5.41) is 6.85. The van der Waals surface area contributed by atoms with Gasteiger partial charge in [-0.15, -0.1) is 11.3 Å². The first-order valence-electron chi connectivity index (χ1n) is 6.23. The summed E-state index contributed by atoms with van der Waals surface area (Å²) in [6.07, 6.45) is 0. The number of rotatable bonds is 3. The molecular weight excluding hydrogens is 306 g/mol. The van der Waals surface area contributed by atoms with Gasteiger partial charge in [-0.05, 0) is 19.1 Å². The molecule has 0 fully saturated rings. The molecule has 0 saturated carbocycles. The summed E-state index contributed by atoms with van der Waals surface area (Å²) in [5.41, 5.74) is 1.11. The summed E-state index contributed by atoms with van der Waals surface area (Å²) >= 11 is 1.22. The van der Waals surface area contributed by atoms with Gasteiger partial charge in [0.15, 0.2) is 5.13 Å². The number of aryl methyl sites for hydroxylation is 1. The van der Waals surface area contributed by atoms with E-state index in [4.69, 9.17) is 0 Å². The zero-order valence-corrected chi connectivity index (χ0v) is 12.7. The number of esters is 1.